The number of anilines is 1. The van der Waals surface area contributed by atoms with Gasteiger partial charge in [-0.15, -0.1) is 0 Å². The molecule has 0 spiro atoms. The number of hydrogen-bond donors (Lipinski definition) is 1. The van der Waals surface area contributed by atoms with Gasteiger partial charge >= 0.3 is 0 Å². The number of furan rings is 1. The van der Waals surface area contributed by atoms with E-state index < -0.39 is 0 Å². The van der Waals surface area contributed by atoms with Crippen molar-refractivity contribution in [1.29, 1.82) is 5.26 Å². The summed E-state index contributed by atoms with van der Waals surface area (Å²) in [5.41, 5.74) is 1.52. The second-order valence-electron chi connectivity index (χ2n) is 4.06. The lowest BCUT2D eigenvalue weighted by Crippen LogP contribution is -2.11. The van der Waals surface area contributed by atoms with E-state index in [4.69, 9.17) is 21.3 Å². The maximum Gasteiger partial charge on any atom is 0.258 e. The summed E-state index contributed by atoms with van der Waals surface area (Å²) in [6.45, 7) is 3.52. The summed E-state index contributed by atoms with van der Waals surface area (Å²) < 4.78 is 5.37. The molecular formula is C14H11ClN2O2. The molecule has 0 saturated heterocycles. The van der Waals surface area contributed by atoms with Crippen LogP contribution >= 0.6 is 11.6 Å². The van der Waals surface area contributed by atoms with Crippen LogP contribution < -0.4 is 5.32 Å². The molecule has 1 aromatic carbocycles. The smallest absolute Gasteiger partial charge is 0.258 e. The quantitative estimate of drug-likeness (QED) is 0.908. The molecule has 0 fully saturated rings. The van der Waals surface area contributed by atoms with Crippen LogP contribution in [0.25, 0.3) is 0 Å². The van der Waals surface area contributed by atoms with Crippen LogP contribution in [0.15, 0.2) is 28.7 Å². The molecule has 2 aromatic rings. The van der Waals surface area contributed by atoms with Gasteiger partial charge in [-0.1, -0.05) is 11.6 Å². The summed E-state index contributed by atoms with van der Waals surface area (Å²) >= 11 is 5.76. The minimum absolute atomic E-state index is 0.178. The van der Waals surface area contributed by atoms with E-state index in [1.807, 2.05) is 6.07 Å². The summed E-state index contributed by atoms with van der Waals surface area (Å²) in [6.07, 6.45) is 0. The number of carbonyl (C=O) groups excluding carboxylic acids is 1. The molecule has 0 atom stereocenters. The molecule has 4 nitrogen and oxygen atoms in total. The predicted molar refractivity (Wildman–Crippen MR) is 72.3 cm³/mol. The van der Waals surface area contributed by atoms with Crippen LogP contribution in [0, 0.1) is 25.2 Å². The van der Waals surface area contributed by atoms with Gasteiger partial charge in [0.1, 0.15) is 17.4 Å². The Labute approximate surface area is 115 Å². The molecule has 2 rings (SSSR count). The third-order valence-corrected chi connectivity index (χ3v) is 3.08. The minimum atomic E-state index is -0.345. The minimum Gasteiger partial charge on any atom is -0.444 e. The summed E-state index contributed by atoms with van der Waals surface area (Å²) in [5.74, 6) is 0.447. The second kappa shape index (κ2) is 5.17. The van der Waals surface area contributed by atoms with Crippen LogP contribution in [-0.4, -0.2) is 5.91 Å². The number of halogens is 1. The zero-order chi connectivity index (χ0) is 14.0. The van der Waals surface area contributed by atoms with E-state index in [1.165, 1.54) is 0 Å². The van der Waals surface area contributed by atoms with Crippen molar-refractivity contribution in [2.24, 2.45) is 0 Å². The highest BCUT2D eigenvalue weighted by Gasteiger charge is 2.17. The zero-order valence-electron chi connectivity index (χ0n) is 10.5. The lowest BCUT2D eigenvalue weighted by Gasteiger charge is -2.02. The topological polar surface area (TPSA) is 66.0 Å². The molecule has 96 valence electrons. The molecule has 0 saturated carbocycles. The first-order valence-corrected chi connectivity index (χ1v) is 5.97. The summed E-state index contributed by atoms with van der Waals surface area (Å²) in [7, 11) is 0. The van der Waals surface area contributed by atoms with Crippen LogP contribution in [-0.2, 0) is 0 Å². The fourth-order valence-corrected chi connectivity index (χ4v) is 1.75. The average molecular weight is 275 g/mol. The first kappa shape index (κ1) is 13.2. The lowest BCUT2D eigenvalue weighted by atomic mass is 10.2. The number of benzene rings is 1. The summed E-state index contributed by atoms with van der Waals surface area (Å²) in [6, 6.07) is 8.48. The van der Waals surface area contributed by atoms with Crippen molar-refractivity contribution in [2.75, 3.05) is 5.32 Å². The molecule has 0 unspecified atom stereocenters. The molecule has 0 bridgehead atoms. The molecule has 19 heavy (non-hydrogen) atoms. The van der Waals surface area contributed by atoms with E-state index in [0.717, 1.165) is 5.56 Å². The van der Waals surface area contributed by atoms with E-state index in [0.29, 0.717) is 21.9 Å². The van der Waals surface area contributed by atoms with Gasteiger partial charge in [-0.05, 0) is 38.1 Å². The molecule has 1 N–H and O–H groups in total. The average Bonchev–Trinajstić information content (AvgIpc) is 2.65. The van der Waals surface area contributed by atoms with Gasteiger partial charge in [0.05, 0.1) is 0 Å². The number of nitriles is 1. The van der Waals surface area contributed by atoms with Crippen molar-refractivity contribution in [1.82, 2.24) is 0 Å². The first-order chi connectivity index (χ1) is 9.02. The Bertz CT molecular complexity index is 666. The Morgan fingerprint density at radius 2 is 1.95 bits per heavy atom. The molecule has 0 aliphatic carbocycles. The maximum atomic E-state index is 12.0. The Kier molecular flexibility index (Phi) is 3.59. The summed E-state index contributed by atoms with van der Waals surface area (Å²) in [4.78, 5) is 12.0. The summed E-state index contributed by atoms with van der Waals surface area (Å²) in [5, 5.41) is 12.2. The molecule has 5 heteroatoms. The van der Waals surface area contributed by atoms with Crippen LogP contribution in [0.5, 0.6) is 0 Å². The normalized spacial score (nSPS) is 10.0. The monoisotopic (exact) mass is 274 g/mol. The van der Waals surface area contributed by atoms with Gasteiger partial charge in [-0.3, -0.25) is 10.1 Å². The highest BCUT2D eigenvalue weighted by Crippen LogP contribution is 2.25. The second-order valence-corrected chi connectivity index (χ2v) is 4.50. The van der Waals surface area contributed by atoms with Crippen LogP contribution in [0.2, 0.25) is 5.02 Å². The van der Waals surface area contributed by atoms with Crippen molar-refractivity contribution in [3.63, 3.8) is 0 Å². The highest BCUT2D eigenvalue weighted by molar-refractivity contribution is 6.30. The predicted octanol–water partition coefficient (Wildman–Crippen LogP) is 3.67. The SMILES string of the molecule is Cc1oc(NC(=O)c2ccc(Cl)cc2)c(C#N)c1C. The van der Waals surface area contributed by atoms with Crippen LogP contribution in [0.4, 0.5) is 5.88 Å². The van der Waals surface area contributed by atoms with Gasteiger partial charge in [0.25, 0.3) is 5.91 Å². The van der Waals surface area contributed by atoms with Crippen molar-refractivity contribution in [2.45, 2.75) is 13.8 Å². The van der Waals surface area contributed by atoms with Gasteiger partial charge in [0.2, 0.25) is 5.88 Å². The van der Waals surface area contributed by atoms with E-state index in [-0.39, 0.29) is 11.8 Å². The number of hydrogen-bond acceptors (Lipinski definition) is 3. The van der Waals surface area contributed by atoms with Crippen LogP contribution in [0.1, 0.15) is 27.2 Å². The van der Waals surface area contributed by atoms with E-state index >= 15 is 0 Å². The number of amides is 1. The Morgan fingerprint density at radius 1 is 1.32 bits per heavy atom. The first-order valence-electron chi connectivity index (χ1n) is 5.60. The molecular weight excluding hydrogens is 264 g/mol. The molecule has 0 aliphatic rings. The largest absolute Gasteiger partial charge is 0.444 e. The van der Waals surface area contributed by atoms with Crippen molar-refractivity contribution >= 4 is 23.4 Å². The molecule has 1 amide bonds. The molecule has 1 aromatic heterocycles. The van der Waals surface area contributed by atoms with E-state index in [2.05, 4.69) is 5.32 Å². The Morgan fingerprint density at radius 3 is 2.53 bits per heavy atom. The van der Waals surface area contributed by atoms with Gasteiger partial charge in [0, 0.05) is 16.1 Å². The maximum absolute atomic E-state index is 12.0. The Hall–Kier alpha value is -2.25. The van der Waals surface area contributed by atoms with Crippen LogP contribution in [0.3, 0.4) is 0 Å². The Balaban J connectivity index is 2.27. The molecule has 0 aliphatic heterocycles. The fraction of sp³-hybridized carbons (Fsp3) is 0.143. The van der Waals surface area contributed by atoms with Gasteiger partial charge < -0.3 is 4.42 Å². The number of carbonyl (C=O) groups is 1. The third kappa shape index (κ3) is 2.61. The van der Waals surface area contributed by atoms with E-state index in [1.54, 1.807) is 38.1 Å². The van der Waals surface area contributed by atoms with Gasteiger partial charge in [-0.25, -0.2) is 0 Å². The third-order valence-electron chi connectivity index (χ3n) is 2.83. The van der Waals surface area contributed by atoms with Crippen molar-refractivity contribution in [3.8, 4) is 6.07 Å². The van der Waals surface area contributed by atoms with Crippen molar-refractivity contribution < 1.29 is 9.21 Å². The fourth-order valence-electron chi connectivity index (χ4n) is 1.63. The zero-order valence-corrected chi connectivity index (χ0v) is 11.2. The number of aryl methyl sites for hydroxylation is 1. The standard InChI is InChI=1S/C14H11ClN2O2/c1-8-9(2)19-14(12(8)7-16)17-13(18)10-3-5-11(15)6-4-10/h3-6H,1-2H3,(H,17,18). The number of nitrogens with zero attached hydrogens (tertiary/aromatic N) is 1. The number of nitrogens with one attached hydrogen (secondary N) is 1. The van der Waals surface area contributed by atoms with E-state index in [9.17, 15) is 4.79 Å². The number of rotatable bonds is 2. The van der Waals surface area contributed by atoms with Gasteiger partial charge in [0.15, 0.2) is 0 Å². The van der Waals surface area contributed by atoms with Crippen molar-refractivity contribution in [3.05, 3.63) is 51.7 Å². The van der Waals surface area contributed by atoms with Gasteiger partial charge in [-0.2, -0.15) is 5.26 Å². The molecule has 1 heterocycles. The lowest BCUT2D eigenvalue weighted by molar-refractivity contribution is 0.102. The molecule has 0 radical (unpaired) electrons. The highest BCUT2D eigenvalue weighted by atomic mass is 35.5.